The predicted octanol–water partition coefficient (Wildman–Crippen LogP) is 6.08. The number of aromatic nitrogens is 1. The van der Waals surface area contributed by atoms with Gasteiger partial charge in [-0.1, -0.05) is 44.5 Å². The van der Waals surface area contributed by atoms with Gasteiger partial charge in [0, 0.05) is 28.2 Å². The Morgan fingerprint density at radius 1 is 1.21 bits per heavy atom. The average molecular weight is 402 g/mol. The van der Waals surface area contributed by atoms with Gasteiger partial charge in [0.25, 0.3) is 0 Å². The van der Waals surface area contributed by atoms with Crippen molar-refractivity contribution in [3.63, 3.8) is 0 Å². The monoisotopic (exact) mass is 401 g/mol. The maximum atomic E-state index is 13.9. The highest BCUT2D eigenvalue weighted by molar-refractivity contribution is 6.30. The molecule has 3 nitrogen and oxygen atoms in total. The lowest BCUT2D eigenvalue weighted by atomic mass is 9.76. The smallest absolute Gasteiger partial charge is 0.306 e. The van der Waals surface area contributed by atoms with Gasteiger partial charge in [-0.3, -0.25) is 4.79 Å². The van der Waals surface area contributed by atoms with Gasteiger partial charge in [0.05, 0.1) is 5.92 Å². The molecule has 0 bridgehead atoms. The van der Waals surface area contributed by atoms with Crippen LogP contribution in [-0.2, 0) is 17.8 Å². The Morgan fingerprint density at radius 3 is 2.46 bits per heavy atom. The number of benzene rings is 2. The molecule has 0 fully saturated rings. The quantitative estimate of drug-likeness (QED) is 0.543. The van der Waals surface area contributed by atoms with E-state index in [0.717, 1.165) is 27.7 Å². The number of nitrogens with zero attached hydrogens (tertiary/aromatic N) is 1. The van der Waals surface area contributed by atoms with E-state index in [1.165, 1.54) is 6.07 Å². The molecule has 1 atom stereocenters. The molecule has 1 aromatic heterocycles. The topological polar surface area (TPSA) is 42.2 Å². The van der Waals surface area contributed by atoms with Gasteiger partial charge in [-0.15, -0.1) is 0 Å². The summed E-state index contributed by atoms with van der Waals surface area (Å²) in [4.78, 5) is 11.6. The van der Waals surface area contributed by atoms with Gasteiger partial charge >= 0.3 is 5.97 Å². The summed E-state index contributed by atoms with van der Waals surface area (Å²) in [6, 6.07) is 12.5. The van der Waals surface area contributed by atoms with E-state index >= 15 is 0 Å². The van der Waals surface area contributed by atoms with Crippen LogP contribution in [0.15, 0.2) is 42.5 Å². The highest BCUT2D eigenvalue weighted by atomic mass is 35.5. The molecule has 5 heteroatoms. The molecule has 1 heterocycles. The number of aliphatic carboxylic acids is 1. The minimum Gasteiger partial charge on any atom is -0.481 e. The Labute approximate surface area is 169 Å². The summed E-state index contributed by atoms with van der Waals surface area (Å²) in [5.41, 5.74) is 3.60. The molecule has 3 aromatic rings. The number of aryl methyl sites for hydroxylation is 1. The molecule has 0 aliphatic rings. The highest BCUT2D eigenvalue weighted by Crippen LogP contribution is 2.36. The molecule has 0 saturated heterocycles. The Bertz CT molecular complexity index is 1020. The summed E-state index contributed by atoms with van der Waals surface area (Å²) in [6.45, 7) is 8.27. The van der Waals surface area contributed by atoms with Gasteiger partial charge in [-0.25, -0.2) is 4.39 Å². The van der Waals surface area contributed by atoms with Crippen molar-refractivity contribution in [2.75, 3.05) is 0 Å². The number of carboxylic acids is 1. The fourth-order valence-electron chi connectivity index (χ4n) is 3.65. The van der Waals surface area contributed by atoms with Crippen LogP contribution in [0, 0.1) is 24.1 Å². The van der Waals surface area contributed by atoms with Gasteiger partial charge in [0.15, 0.2) is 0 Å². The minimum absolute atomic E-state index is 0.274. The molecule has 148 valence electrons. The first-order valence-electron chi connectivity index (χ1n) is 9.34. The first-order chi connectivity index (χ1) is 13.1. The van der Waals surface area contributed by atoms with Crippen molar-refractivity contribution in [3.8, 4) is 0 Å². The van der Waals surface area contributed by atoms with Crippen LogP contribution in [0.2, 0.25) is 5.02 Å². The van der Waals surface area contributed by atoms with Crippen molar-refractivity contribution in [1.82, 2.24) is 4.57 Å². The van der Waals surface area contributed by atoms with Gasteiger partial charge in [0.1, 0.15) is 5.82 Å². The summed E-state index contributed by atoms with van der Waals surface area (Å²) < 4.78 is 16.1. The van der Waals surface area contributed by atoms with Gasteiger partial charge < -0.3 is 9.67 Å². The lowest BCUT2D eigenvalue weighted by molar-refractivity contribution is -0.145. The molecule has 28 heavy (non-hydrogen) atoms. The second kappa shape index (κ2) is 7.59. The fraction of sp³-hybridized carbons (Fsp3) is 0.348. The second-order valence-electron chi connectivity index (χ2n) is 8.17. The molecule has 0 amide bonds. The molecule has 1 unspecified atom stereocenters. The van der Waals surface area contributed by atoms with Crippen LogP contribution >= 0.6 is 11.6 Å². The van der Waals surface area contributed by atoms with Gasteiger partial charge in [0.2, 0.25) is 0 Å². The molecule has 0 spiro atoms. The van der Waals surface area contributed by atoms with E-state index < -0.39 is 17.3 Å². The minimum atomic E-state index is -0.811. The van der Waals surface area contributed by atoms with E-state index in [1.54, 1.807) is 19.1 Å². The summed E-state index contributed by atoms with van der Waals surface area (Å²) in [5, 5.41) is 11.0. The second-order valence-corrected chi connectivity index (χ2v) is 8.61. The Morgan fingerprint density at radius 2 is 1.86 bits per heavy atom. The SMILES string of the molecule is Cc1c(CC(C)(C)C(C)C(=O)O)n(Cc2ccc(Cl)cc2)c2ccc(F)cc12. The lowest BCUT2D eigenvalue weighted by Crippen LogP contribution is -2.31. The molecule has 0 radical (unpaired) electrons. The summed E-state index contributed by atoms with van der Waals surface area (Å²) >= 11 is 6.01. The number of halogens is 2. The Kier molecular flexibility index (Phi) is 5.53. The maximum absolute atomic E-state index is 13.9. The van der Waals surface area contributed by atoms with E-state index in [0.29, 0.717) is 18.0 Å². The number of carbonyl (C=O) groups is 1. The third kappa shape index (κ3) is 3.93. The van der Waals surface area contributed by atoms with E-state index in [9.17, 15) is 14.3 Å². The van der Waals surface area contributed by atoms with Crippen LogP contribution in [0.1, 0.15) is 37.6 Å². The molecule has 3 rings (SSSR count). The summed E-state index contributed by atoms with van der Waals surface area (Å²) in [7, 11) is 0. The van der Waals surface area contributed by atoms with Crippen molar-refractivity contribution in [1.29, 1.82) is 0 Å². The van der Waals surface area contributed by atoms with Crippen LogP contribution in [0.25, 0.3) is 10.9 Å². The van der Waals surface area contributed by atoms with Crippen molar-refractivity contribution >= 4 is 28.5 Å². The van der Waals surface area contributed by atoms with Crippen LogP contribution in [0.3, 0.4) is 0 Å². The zero-order valence-electron chi connectivity index (χ0n) is 16.6. The molecule has 0 saturated carbocycles. The molecular formula is C23H25ClFNO2. The first-order valence-corrected chi connectivity index (χ1v) is 9.72. The van der Waals surface area contributed by atoms with Gasteiger partial charge in [-0.2, -0.15) is 0 Å². The average Bonchev–Trinajstić information content (AvgIpc) is 2.87. The number of rotatable bonds is 6. The molecule has 2 aromatic carbocycles. The zero-order chi connectivity index (χ0) is 20.6. The van der Waals surface area contributed by atoms with Crippen molar-refractivity contribution in [2.45, 2.75) is 40.7 Å². The van der Waals surface area contributed by atoms with E-state index in [4.69, 9.17) is 11.6 Å². The summed E-state index contributed by atoms with van der Waals surface area (Å²) in [6.07, 6.45) is 0.580. The van der Waals surface area contributed by atoms with Crippen LogP contribution in [-0.4, -0.2) is 15.6 Å². The van der Waals surface area contributed by atoms with Gasteiger partial charge in [-0.05, 0) is 60.2 Å². The number of carboxylic acid groups (broad SMARTS) is 1. The molecule has 0 aliphatic carbocycles. The lowest BCUT2D eigenvalue weighted by Gasteiger charge is -2.30. The van der Waals surface area contributed by atoms with Crippen molar-refractivity contribution in [3.05, 3.63) is 70.1 Å². The zero-order valence-corrected chi connectivity index (χ0v) is 17.3. The standard InChI is InChI=1S/C23H25ClFNO2/c1-14-19-11-18(25)9-10-20(19)26(13-16-5-7-17(24)8-6-16)21(14)12-23(3,4)15(2)22(27)28/h5-11,15H,12-13H2,1-4H3,(H,27,28). The molecule has 1 N–H and O–H groups in total. The van der Waals surface area contributed by atoms with Crippen LogP contribution in [0.4, 0.5) is 4.39 Å². The molecule has 0 aliphatic heterocycles. The van der Waals surface area contributed by atoms with Crippen molar-refractivity contribution in [2.24, 2.45) is 11.3 Å². The highest BCUT2D eigenvalue weighted by Gasteiger charge is 2.33. The number of hydrogen-bond donors (Lipinski definition) is 1. The third-order valence-electron chi connectivity index (χ3n) is 5.83. The first kappa shape index (κ1) is 20.4. The normalized spacial score (nSPS) is 13.1. The van der Waals surface area contributed by atoms with Crippen LogP contribution < -0.4 is 0 Å². The Hall–Kier alpha value is -2.33. The van der Waals surface area contributed by atoms with Crippen LogP contribution in [0.5, 0.6) is 0 Å². The van der Waals surface area contributed by atoms with Crippen molar-refractivity contribution < 1.29 is 14.3 Å². The maximum Gasteiger partial charge on any atom is 0.306 e. The number of hydrogen-bond acceptors (Lipinski definition) is 1. The summed E-state index contributed by atoms with van der Waals surface area (Å²) in [5.74, 6) is -1.59. The largest absolute Gasteiger partial charge is 0.481 e. The predicted molar refractivity (Wildman–Crippen MR) is 111 cm³/mol. The Balaban J connectivity index is 2.13. The van der Waals surface area contributed by atoms with E-state index in [2.05, 4.69) is 4.57 Å². The fourth-order valence-corrected chi connectivity index (χ4v) is 3.77. The third-order valence-corrected chi connectivity index (χ3v) is 6.08. The number of fused-ring (bicyclic) bond motifs is 1. The van der Waals surface area contributed by atoms with E-state index in [-0.39, 0.29) is 5.82 Å². The van der Waals surface area contributed by atoms with E-state index in [1.807, 2.05) is 45.0 Å². The molecular weight excluding hydrogens is 377 g/mol.